The molecule has 3 aromatic carbocycles. The molecule has 0 aromatic heterocycles. The number of aliphatic hydroxyl groups excluding tert-OH is 2. The van der Waals surface area contributed by atoms with E-state index in [1.807, 2.05) is 97.9 Å². The Kier molecular flexibility index (Phi) is 7.61. The zero-order valence-corrected chi connectivity index (χ0v) is 17.8. The van der Waals surface area contributed by atoms with Gasteiger partial charge in [0.25, 0.3) is 0 Å². The first-order valence-electron chi connectivity index (χ1n) is 10.4. The minimum Gasteiger partial charge on any atom is -0.387 e. The molecule has 0 saturated carbocycles. The normalized spacial score (nSPS) is 15.4. The van der Waals surface area contributed by atoms with Crippen molar-refractivity contribution >= 4 is 0 Å². The highest BCUT2D eigenvalue weighted by molar-refractivity contribution is 5.34. The Morgan fingerprint density at radius 2 is 1.19 bits per heavy atom. The van der Waals surface area contributed by atoms with Crippen molar-refractivity contribution in [3.8, 4) is 6.07 Å². The summed E-state index contributed by atoms with van der Waals surface area (Å²) in [7, 11) is 1.79. The molecule has 158 valence electrons. The zero-order chi connectivity index (χ0) is 22.2. The highest BCUT2D eigenvalue weighted by Crippen LogP contribution is 2.34. The maximum absolute atomic E-state index is 11.2. The molecule has 4 heteroatoms. The van der Waals surface area contributed by atoms with Crippen LogP contribution in [0, 0.1) is 11.3 Å². The third-order valence-corrected chi connectivity index (χ3v) is 5.71. The number of aliphatic hydroxyl groups is 2. The largest absolute Gasteiger partial charge is 0.387 e. The van der Waals surface area contributed by atoms with Crippen LogP contribution in [0.4, 0.5) is 0 Å². The van der Waals surface area contributed by atoms with Crippen molar-refractivity contribution in [3.05, 3.63) is 119 Å². The van der Waals surface area contributed by atoms with Gasteiger partial charge >= 0.3 is 0 Å². The van der Waals surface area contributed by atoms with Crippen LogP contribution in [0.15, 0.2) is 103 Å². The van der Waals surface area contributed by atoms with Gasteiger partial charge in [0.15, 0.2) is 0 Å². The second-order valence-corrected chi connectivity index (χ2v) is 7.66. The summed E-state index contributed by atoms with van der Waals surface area (Å²) in [6.45, 7) is 1.88. The lowest BCUT2D eigenvalue weighted by atomic mass is 9.88. The van der Waals surface area contributed by atoms with Gasteiger partial charge in [-0.15, -0.1) is 0 Å². The molecule has 0 radical (unpaired) electrons. The van der Waals surface area contributed by atoms with Crippen LogP contribution in [-0.2, 0) is 0 Å². The fourth-order valence-electron chi connectivity index (χ4n) is 3.67. The van der Waals surface area contributed by atoms with Crippen LogP contribution in [0.1, 0.15) is 41.7 Å². The van der Waals surface area contributed by atoms with E-state index in [0.29, 0.717) is 5.70 Å². The number of rotatable bonds is 8. The standard InChI is InChI=1S/C27H28N2O2/c1-20(26(30)22-14-8-4-9-15-22)29(2)24(19-28)18-25(21-12-6-3-7-13-21)27(31)23-16-10-5-11-17-23/h3-18,20,25-27,30-31H,1-2H3/b24-18-/t20-,25+,26-,27+/m0/s1. The summed E-state index contributed by atoms with van der Waals surface area (Å²) in [5.74, 6) is -0.415. The van der Waals surface area contributed by atoms with E-state index in [1.54, 1.807) is 18.0 Å². The summed E-state index contributed by atoms with van der Waals surface area (Å²) >= 11 is 0. The Bertz CT molecular complexity index is 1010. The van der Waals surface area contributed by atoms with Gasteiger partial charge in [-0.25, -0.2) is 0 Å². The fraction of sp³-hybridized carbons (Fsp3) is 0.222. The Morgan fingerprint density at radius 1 is 0.774 bits per heavy atom. The first kappa shape index (κ1) is 22.3. The van der Waals surface area contributed by atoms with Crippen LogP contribution < -0.4 is 0 Å². The molecule has 31 heavy (non-hydrogen) atoms. The van der Waals surface area contributed by atoms with E-state index in [-0.39, 0.29) is 6.04 Å². The molecule has 0 amide bonds. The highest BCUT2D eigenvalue weighted by atomic mass is 16.3. The first-order chi connectivity index (χ1) is 15.0. The molecule has 0 spiro atoms. The van der Waals surface area contributed by atoms with Crippen molar-refractivity contribution in [2.75, 3.05) is 7.05 Å². The quantitative estimate of drug-likeness (QED) is 0.513. The van der Waals surface area contributed by atoms with Gasteiger partial charge < -0.3 is 15.1 Å². The molecule has 0 aliphatic heterocycles. The third-order valence-electron chi connectivity index (χ3n) is 5.71. The van der Waals surface area contributed by atoms with Crippen molar-refractivity contribution in [1.29, 1.82) is 5.26 Å². The second kappa shape index (κ2) is 10.6. The maximum Gasteiger partial charge on any atom is 0.117 e. The van der Waals surface area contributed by atoms with Crippen LogP contribution in [0.3, 0.4) is 0 Å². The van der Waals surface area contributed by atoms with Gasteiger partial charge in [-0.05, 0) is 29.7 Å². The molecular weight excluding hydrogens is 384 g/mol. The minimum atomic E-state index is -0.810. The average molecular weight is 413 g/mol. The Morgan fingerprint density at radius 3 is 1.65 bits per heavy atom. The second-order valence-electron chi connectivity index (χ2n) is 7.66. The van der Waals surface area contributed by atoms with Gasteiger partial charge in [-0.2, -0.15) is 5.26 Å². The van der Waals surface area contributed by atoms with Crippen LogP contribution in [0.25, 0.3) is 0 Å². The zero-order valence-electron chi connectivity index (χ0n) is 17.8. The van der Waals surface area contributed by atoms with E-state index < -0.39 is 18.1 Å². The number of hydrogen-bond acceptors (Lipinski definition) is 4. The summed E-state index contributed by atoms with van der Waals surface area (Å²) in [5, 5.41) is 31.9. The lowest BCUT2D eigenvalue weighted by molar-refractivity contribution is 0.0905. The van der Waals surface area contributed by atoms with E-state index in [1.165, 1.54) is 0 Å². The van der Waals surface area contributed by atoms with Gasteiger partial charge in [0.1, 0.15) is 11.8 Å². The first-order valence-corrected chi connectivity index (χ1v) is 10.4. The summed E-state index contributed by atoms with van der Waals surface area (Å²) in [4.78, 5) is 1.77. The molecule has 0 aliphatic carbocycles. The van der Waals surface area contributed by atoms with E-state index in [4.69, 9.17) is 0 Å². The monoisotopic (exact) mass is 412 g/mol. The molecule has 0 bridgehead atoms. The number of hydrogen-bond donors (Lipinski definition) is 2. The smallest absolute Gasteiger partial charge is 0.117 e. The minimum absolute atomic E-state index is 0.335. The van der Waals surface area contributed by atoms with Gasteiger partial charge in [-0.1, -0.05) is 91.0 Å². The Hall–Kier alpha value is -3.39. The predicted octanol–water partition coefficient (Wildman–Crippen LogP) is 4.97. The predicted molar refractivity (Wildman–Crippen MR) is 123 cm³/mol. The van der Waals surface area contributed by atoms with E-state index in [9.17, 15) is 15.5 Å². The van der Waals surface area contributed by atoms with E-state index in [0.717, 1.165) is 16.7 Å². The Labute approximate surface area is 184 Å². The molecule has 0 fully saturated rings. The molecular formula is C27H28N2O2. The molecule has 2 N–H and O–H groups in total. The molecule has 3 rings (SSSR count). The van der Waals surface area contributed by atoms with Crippen molar-refractivity contribution in [1.82, 2.24) is 4.90 Å². The SMILES string of the molecule is C[C@@H]([C@H](O)c1ccccc1)N(C)/C(C#N)=C\[C@H](c1ccccc1)[C@H](O)c1ccccc1. The summed E-state index contributed by atoms with van der Waals surface area (Å²) in [6, 6.07) is 30.5. The summed E-state index contributed by atoms with van der Waals surface area (Å²) in [6.07, 6.45) is 0.230. The number of likely N-dealkylation sites (N-methyl/N-ethyl adjacent to an activating group) is 1. The molecule has 4 atom stereocenters. The number of nitrogens with zero attached hydrogens (tertiary/aromatic N) is 2. The Balaban J connectivity index is 1.94. The topological polar surface area (TPSA) is 67.5 Å². The molecule has 3 aromatic rings. The summed E-state index contributed by atoms with van der Waals surface area (Å²) < 4.78 is 0. The van der Waals surface area contributed by atoms with Crippen molar-refractivity contribution < 1.29 is 10.2 Å². The van der Waals surface area contributed by atoms with Crippen molar-refractivity contribution in [2.45, 2.75) is 31.1 Å². The van der Waals surface area contributed by atoms with Crippen LogP contribution in [0.5, 0.6) is 0 Å². The van der Waals surface area contributed by atoms with Gasteiger partial charge in [0.2, 0.25) is 0 Å². The lowest BCUT2D eigenvalue weighted by Gasteiger charge is -2.31. The van der Waals surface area contributed by atoms with Gasteiger partial charge in [-0.3, -0.25) is 0 Å². The van der Waals surface area contributed by atoms with Crippen LogP contribution >= 0.6 is 0 Å². The van der Waals surface area contributed by atoms with Crippen LogP contribution in [0.2, 0.25) is 0 Å². The van der Waals surface area contributed by atoms with E-state index in [2.05, 4.69) is 6.07 Å². The lowest BCUT2D eigenvalue weighted by Crippen LogP contribution is -2.34. The molecule has 0 saturated heterocycles. The van der Waals surface area contributed by atoms with Gasteiger partial charge in [0, 0.05) is 13.0 Å². The highest BCUT2D eigenvalue weighted by Gasteiger charge is 2.26. The third kappa shape index (κ3) is 5.40. The van der Waals surface area contributed by atoms with E-state index >= 15 is 0 Å². The average Bonchev–Trinajstić information content (AvgIpc) is 2.84. The number of nitriles is 1. The molecule has 4 nitrogen and oxygen atoms in total. The van der Waals surface area contributed by atoms with Crippen molar-refractivity contribution in [2.24, 2.45) is 0 Å². The van der Waals surface area contributed by atoms with Gasteiger partial charge in [0.05, 0.1) is 18.2 Å². The molecule has 0 aliphatic rings. The summed E-state index contributed by atoms with van der Waals surface area (Å²) in [5.41, 5.74) is 2.88. The maximum atomic E-state index is 11.2. The van der Waals surface area contributed by atoms with Crippen LogP contribution in [-0.4, -0.2) is 28.2 Å². The number of allylic oxidation sites excluding steroid dienone is 1. The number of benzene rings is 3. The fourth-order valence-corrected chi connectivity index (χ4v) is 3.67. The van der Waals surface area contributed by atoms with Crippen molar-refractivity contribution in [3.63, 3.8) is 0 Å². The molecule has 0 heterocycles. The molecule has 0 unspecified atom stereocenters.